The normalized spacial score (nSPS) is 46.8. The van der Waals surface area contributed by atoms with Crippen molar-refractivity contribution in [2.24, 2.45) is 28.6 Å². The number of aliphatic hydroxyl groups is 2. The molecule has 1 aromatic rings. The van der Waals surface area contributed by atoms with Crippen LogP contribution in [0.3, 0.4) is 0 Å². The van der Waals surface area contributed by atoms with Gasteiger partial charge in [0.1, 0.15) is 6.61 Å². The summed E-state index contributed by atoms with van der Waals surface area (Å²) in [7, 11) is 0. The molecular formula is C28H32O6. The van der Waals surface area contributed by atoms with E-state index in [9.17, 15) is 19.8 Å². The third-order valence-electron chi connectivity index (χ3n) is 9.87. The Labute approximate surface area is 199 Å². The number of carbonyl (C=O) groups is 2. The highest BCUT2D eigenvalue weighted by Crippen LogP contribution is 2.70. The first kappa shape index (κ1) is 22.4. The molecule has 0 aromatic heterocycles. The fourth-order valence-corrected chi connectivity index (χ4v) is 8.44. The summed E-state index contributed by atoms with van der Waals surface area (Å²) >= 11 is 0. The molecule has 3 saturated carbocycles. The van der Waals surface area contributed by atoms with Gasteiger partial charge in [-0.2, -0.15) is 0 Å². The van der Waals surface area contributed by atoms with E-state index in [1.807, 2.05) is 36.4 Å². The highest BCUT2D eigenvalue weighted by Gasteiger charge is 2.75. The molecule has 0 spiro atoms. The van der Waals surface area contributed by atoms with Gasteiger partial charge in [-0.25, -0.2) is 0 Å². The average Bonchev–Trinajstić information content (AvgIpc) is 3.32. The molecular weight excluding hydrogens is 432 g/mol. The zero-order chi connectivity index (χ0) is 23.9. The van der Waals surface area contributed by atoms with Crippen LogP contribution in [-0.4, -0.2) is 46.2 Å². The molecule has 1 aromatic carbocycles. The zero-order valence-corrected chi connectivity index (χ0v) is 19.6. The summed E-state index contributed by atoms with van der Waals surface area (Å²) in [6, 6.07) is 9.57. The monoisotopic (exact) mass is 464 g/mol. The Bertz CT molecular complexity index is 1090. The van der Waals surface area contributed by atoms with E-state index in [4.69, 9.17) is 9.47 Å². The Morgan fingerprint density at radius 3 is 2.71 bits per heavy atom. The number of ether oxygens (including phenoxy) is 2. The van der Waals surface area contributed by atoms with Crippen LogP contribution in [0.5, 0.6) is 0 Å². The first-order chi connectivity index (χ1) is 16.2. The Kier molecular flexibility index (Phi) is 4.89. The van der Waals surface area contributed by atoms with Crippen LogP contribution < -0.4 is 0 Å². The number of ketones is 2. The molecule has 9 atom stereocenters. The standard InChI is InChI=1S/C28H32O6/c1-26-11-10-18(30)12-17(26)8-9-19-20-13-23-28(22(32)15-29,27(20,2)14-21(31)24(19)26)34-25(33-23)16-6-4-3-5-7-16/h3-7,10-12,19-21,23-25,29,31H,8-9,13-15H2,1-2H3/t19-,20-,21-,23+,24+,25-,26-,27-,28+/m0/s1. The summed E-state index contributed by atoms with van der Waals surface area (Å²) in [5.41, 5.74) is -0.410. The molecule has 6 heteroatoms. The summed E-state index contributed by atoms with van der Waals surface area (Å²) in [6.45, 7) is 3.56. The predicted molar refractivity (Wildman–Crippen MR) is 123 cm³/mol. The van der Waals surface area contributed by atoms with Crippen LogP contribution in [0.25, 0.3) is 0 Å². The summed E-state index contributed by atoms with van der Waals surface area (Å²) in [5, 5.41) is 21.7. The molecule has 1 heterocycles. The third kappa shape index (κ3) is 2.71. The van der Waals surface area contributed by atoms with E-state index in [0.29, 0.717) is 12.8 Å². The maximum atomic E-state index is 13.5. The SMILES string of the molecule is C[C@]12C=CC(=O)C=C1CC[C@@H]1[C@@H]2[C@@H](O)C[C@@]2(C)[C@H]1C[C@H]1O[C@H](c3ccccc3)O[C@]12C(=O)CO. The minimum absolute atomic E-state index is 0.0118. The van der Waals surface area contributed by atoms with Crippen molar-refractivity contribution in [1.82, 2.24) is 0 Å². The number of carbonyl (C=O) groups excluding carboxylic acids is 2. The Morgan fingerprint density at radius 1 is 1.21 bits per heavy atom. The van der Waals surface area contributed by atoms with Gasteiger partial charge in [-0.3, -0.25) is 9.59 Å². The number of Topliss-reactive ketones (excluding diaryl/α,β-unsaturated/α-hetero) is 1. The van der Waals surface area contributed by atoms with Gasteiger partial charge in [-0.15, -0.1) is 0 Å². The van der Waals surface area contributed by atoms with Gasteiger partial charge in [0, 0.05) is 22.3 Å². The summed E-state index contributed by atoms with van der Waals surface area (Å²) in [5.74, 6) is -0.136. The fourth-order valence-electron chi connectivity index (χ4n) is 8.44. The number of hydrogen-bond acceptors (Lipinski definition) is 6. The lowest BCUT2D eigenvalue weighted by molar-refractivity contribution is -0.201. The van der Waals surface area contributed by atoms with Crippen molar-refractivity contribution in [2.45, 2.75) is 63.6 Å². The van der Waals surface area contributed by atoms with E-state index in [2.05, 4.69) is 13.8 Å². The van der Waals surface area contributed by atoms with Crippen molar-refractivity contribution in [1.29, 1.82) is 0 Å². The Balaban J connectivity index is 1.41. The van der Waals surface area contributed by atoms with Gasteiger partial charge in [0.25, 0.3) is 0 Å². The topological polar surface area (TPSA) is 93.1 Å². The second kappa shape index (κ2) is 7.44. The largest absolute Gasteiger partial charge is 0.393 e. The van der Waals surface area contributed by atoms with E-state index >= 15 is 0 Å². The van der Waals surface area contributed by atoms with Gasteiger partial charge in [-0.1, -0.05) is 55.8 Å². The zero-order valence-electron chi connectivity index (χ0n) is 19.6. The lowest BCUT2D eigenvalue weighted by Gasteiger charge is -2.59. The Morgan fingerprint density at radius 2 is 1.97 bits per heavy atom. The molecule has 4 aliphatic carbocycles. The molecule has 34 heavy (non-hydrogen) atoms. The van der Waals surface area contributed by atoms with Crippen molar-refractivity contribution >= 4 is 11.6 Å². The van der Waals surface area contributed by atoms with E-state index in [1.165, 1.54) is 0 Å². The van der Waals surface area contributed by atoms with Gasteiger partial charge in [0.05, 0.1) is 12.2 Å². The highest BCUT2D eigenvalue weighted by atomic mass is 16.7. The highest BCUT2D eigenvalue weighted by molar-refractivity contribution is 6.01. The molecule has 5 aliphatic rings. The molecule has 0 radical (unpaired) electrons. The minimum Gasteiger partial charge on any atom is -0.393 e. The fraction of sp³-hybridized carbons (Fsp3) is 0.571. The maximum Gasteiger partial charge on any atom is 0.193 e. The van der Waals surface area contributed by atoms with Crippen LogP contribution in [0.2, 0.25) is 0 Å². The molecule has 6 nitrogen and oxygen atoms in total. The van der Waals surface area contributed by atoms with Crippen molar-refractivity contribution in [3.05, 3.63) is 59.7 Å². The second-order valence-electron chi connectivity index (χ2n) is 11.2. The van der Waals surface area contributed by atoms with Crippen LogP contribution in [0.4, 0.5) is 0 Å². The second-order valence-corrected chi connectivity index (χ2v) is 11.2. The number of fused-ring (bicyclic) bond motifs is 7. The number of aliphatic hydroxyl groups excluding tert-OH is 2. The molecule has 2 N–H and O–H groups in total. The van der Waals surface area contributed by atoms with E-state index in [0.717, 1.165) is 24.0 Å². The molecule has 6 rings (SSSR count). The van der Waals surface area contributed by atoms with Gasteiger partial charge in [-0.05, 0) is 49.7 Å². The van der Waals surface area contributed by atoms with E-state index < -0.39 is 36.1 Å². The minimum atomic E-state index is -1.30. The molecule has 180 valence electrons. The van der Waals surface area contributed by atoms with Crippen molar-refractivity contribution in [2.75, 3.05) is 6.61 Å². The van der Waals surface area contributed by atoms with Gasteiger partial charge < -0.3 is 19.7 Å². The van der Waals surface area contributed by atoms with Crippen molar-refractivity contribution in [3.63, 3.8) is 0 Å². The first-order valence-electron chi connectivity index (χ1n) is 12.4. The molecule has 0 amide bonds. The van der Waals surface area contributed by atoms with Gasteiger partial charge >= 0.3 is 0 Å². The summed E-state index contributed by atoms with van der Waals surface area (Å²) < 4.78 is 13.0. The molecule has 0 unspecified atom stereocenters. The predicted octanol–water partition coefficient (Wildman–Crippen LogP) is 3.29. The molecule has 1 aliphatic heterocycles. The van der Waals surface area contributed by atoms with Crippen LogP contribution in [0.1, 0.15) is 51.4 Å². The van der Waals surface area contributed by atoms with Crippen LogP contribution in [0, 0.1) is 28.6 Å². The molecule has 4 fully saturated rings. The Hall–Kier alpha value is -2.12. The van der Waals surface area contributed by atoms with Crippen LogP contribution in [0.15, 0.2) is 54.1 Å². The van der Waals surface area contributed by atoms with Gasteiger partial charge in [0.2, 0.25) is 0 Å². The summed E-state index contributed by atoms with van der Waals surface area (Å²) in [4.78, 5) is 25.5. The molecule has 0 bridgehead atoms. The quantitative estimate of drug-likeness (QED) is 0.713. The third-order valence-corrected chi connectivity index (χ3v) is 9.87. The number of benzene rings is 1. The average molecular weight is 465 g/mol. The number of hydrogen-bond donors (Lipinski definition) is 2. The summed E-state index contributed by atoms with van der Waals surface area (Å²) in [6.07, 6.45) is 6.21. The van der Waals surface area contributed by atoms with E-state index in [-0.39, 0.29) is 34.7 Å². The molecule has 1 saturated heterocycles. The lowest BCUT2D eigenvalue weighted by Crippen LogP contribution is -2.63. The lowest BCUT2D eigenvalue weighted by atomic mass is 9.46. The smallest absolute Gasteiger partial charge is 0.193 e. The van der Waals surface area contributed by atoms with Gasteiger partial charge in [0.15, 0.2) is 23.5 Å². The van der Waals surface area contributed by atoms with Crippen LogP contribution >= 0.6 is 0 Å². The van der Waals surface area contributed by atoms with Crippen molar-refractivity contribution in [3.8, 4) is 0 Å². The van der Waals surface area contributed by atoms with Crippen LogP contribution in [-0.2, 0) is 19.1 Å². The number of rotatable bonds is 3. The number of allylic oxidation sites excluding steroid dienone is 4. The maximum absolute atomic E-state index is 13.5. The van der Waals surface area contributed by atoms with Crippen molar-refractivity contribution < 1.29 is 29.3 Å². The first-order valence-corrected chi connectivity index (χ1v) is 12.4. The van der Waals surface area contributed by atoms with E-state index in [1.54, 1.807) is 12.2 Å².